The zero-order chi connectivity index (χ0) is 15.4. The van der Waals surface area contributed by atoms with Gasteiger partial charge in [-0.15, -0.1) is 22.7 Å². The third-order valence-electron chi connectivity index (χ3n) is 3.17. The number of nitrogens with one attached hydrogen (secondary N) is 1. The Morgan fingerprint density at radius 3 is 2.73 bits per heavy atom. The first kappa shape index (κ1) is 14.9. The molecule has 0 aliphatic heterocycles. The van der Waals surface area contributed by atoms with Gasteiger partial charge in [0.15, 0.2) is 0 Å². The van der Waals surface area contributed by atoms with Crippen LogP contribution in [0.25, 0.3) is 10.6 Å². The maximum Gasteiger partial charge on any atom is 0.226 e. The highest BCUT2D eigenvalue weighted by Gasteiger charge is 2.09. The predicted octanol–water partition coefficient (Wildman–Crippen LogP) is 4.04. The Bertz CT molecular complexity index is 762. The van der Waals surface area contributed by atoms with E-state index in [4.69, 9.17) is 0 Å². The minimum absolute atomic E-state index is 0.0102. The number of nitrogens with zero attached hydrogens (tertiary/aromatic N) is 1. The van der Waals surface area contributed by atoms with Crippen molar-refractivity contribution in [3.05, 3.63) is 63.3 Å². The molecule has 1 N–H and O–H groups in total. The molecule has 0 saturated heterocycles. The first-order chi connectivity index (χ1) is 10.7. The molecular formula is C17H16N2OS2. The average molecular weight is 328 g/mol. The van der Waals surface area contributed by atoms with E-state index < -0.39 is 0 Å². The van der Waals surface area contributed by atoms with E-state index in [0.29, 0.717) is 13.0 Å². The summed E-state index contributed by atoms with van der Waals surface area (Å²) in [5.74, 6) is 0.0102. The fourth-order valence-corrected chi connectivity index (χ4v) is 3.75. The lowest BCUT2D eigenvalue weighted by Crippen LogP contribution is -2.24. The molecule has 0 bridgehead atoms. The van der Waals surface area contributed by atoms with E-state index in [2.05, 4.69) is 29.4 Å². The second kappa shape index (κ2) is 6.85. The van der Waals surface area contributed by atoms with Crippen molar-refractivity contribution >= 4 is 28.6 Å². The molecule has 2 heterocycles. The maximum atomic E-state index is 12.0. The maximum absolute atomic E-state index is 12.0. The van der Waals surface area contributed by atoms with E-state index in [0.717, 1.165) is 16.3 Å². The summed E-state index contributed by atoms with van der Waals surface area (Å²) in [5.41, 5.74) is 1.91. The van der Waals surface area contributed by atoms with Gasteiger partial charge in [0.25, 0.3) is 0 Å². The first-order valence-corrected chi connectivity index (χ1v) is 8.72. The largest absolute Gasteiger partial charge is 0.351 e. The summed E-state index contributed by atoms with van der Waals surface area (Å²) in [4.78, 5) is 19.0. The van der Waals surface area contributed by atoms with E-state index in [1.807, 2.05) is 35.7 Å². The number of thiazole rings is 1. The van der Waals surface area contributed by atoms with Gasteiger partial charge in [0.05, 0.1) is 18.7 Å². The number of thiophene rings is 1. The van der Waals surface area contributed by atoms with Gasteiger partial charge in [-0.25, -0.2) is 4.98 Å². The van der Waals surface area contributed by atoms with E-state index >= 15 is 0 Å². The molecule has 0 aliphatic carbocycles. The minimum Gasteiger partial charge on any atom is -0.351 e. The first-order valence-electron chi connectivity index (χ1n) is 7.02. The molecular weight excluding hydrogens is 312 g/mol. The number of hydrogen-bond donors (Lipinski definition) is 1. The summed E-state index contributed by atoms with van der Waals surface area (Å²) in [6, 6.07) is 14.1. The van der Waals surface area contributed by atoms with Crippen molar-refractivity contribution in [1.82, 2.24) is 10.3 Å². The summed E-state index contributed by atoms with van der Waals surface area (Å²) >= 11 is 3.28. The number of hydrogen-bond acceptors (Lipinski definition) is 4. The summed E-state index contributed by atoms with van der Waals surface area (Å²) in [7, 11) is 0. The highest BCUT2D eigenvalue weighted by atomic mass is 32.1. The molecule has 1 aromatic carbocycles. The van der Waals surface area contributed by atoms with Crippen LogP contribution in [0.1, 0.15) is 15.4 Å². The second-order valence-electron chi connectivity index (χ2n) is 4.98. The quantitative estimate of drug-likeness (QED) is 0.768. The number of aromatic nitrogens is 1. The van der Waals surface area contributed by atoms with Crippen LogP contribution in [0, 0.1) is 6.92 Å². The van der Waals surface area contributed by atoms with Gasteiger partial charge in [-0.2, -0.15) is 0 Å². The Balaban J connectivity index is 1.57. The predicted molar refractivity (Wildman–Crippen MR) is 92.2 cm³/mol. The van der Waals surface area contributed by atoms with Crippen LogP contribution in [-0.4, -0.2) is 10.9 Å². The molecule has 2 aromatic heterocycles. The fraction of sp³-hybridized carbons (Fsp3) is 0.176. The van der Waals surface area contributed by atoms with Crippen LogP contribution in [0.3, 0.4) is 0 Å². The molecule has 0 spiro atoms. The third-order valence-corrected chi connectivity index (χ3v) is 5.11. The SMILES string of the molecule is Cc1ccc(CNC(=O)Cc2csc(-c3ccccc3)n2)s1. The van der Waals surface area contributed by atoms with Crippen LogP contribution in [0.2, 0.25) is 0 Å². The van der Waals surface area contributed by atoms with Crippen molar-refractivity contribution in [2.24, 2.45) is 0 Å². The molecule has 0 unspecified atom stereocenters. The second-order valence-corrected chi connectivity index (χ2v) is 7.21. The van der Waals surface area contributed by atoms with Crippen LogP contribution in [0.4, 0.5) is 0 Å². The summed E-state index contributed by atoms with van der Waals surface area (Å²) in [6.45, 7) is 2.66. The molecule has 5 heteroatoms. The van der Waals surface area contributed by atoms with Crippen molar-refractivity contribution in [3.8, 4) is 10.6 Å². The molecule has 0 saturated carbocycles. The van der Waals surface area contributed by atoms with Crippen LogP contribution < -0.4 is 5.32 Å². The molecule has 0 aliphatic rings. The number of rotatable bonds is 5. The van der Waals surface area contributed by atoms with E-state index in [9.17, 15) is 4.79 Å². The van der Waals surface area contributed by atoms with Crippen LogP contribution in [-0.2, 0) is 17.8 Å². The molecule has 0 radical (unpaired) electrons. The average Bonchev–Trinajstić information content (AvgIpc) is 3.15. The zero-order valence-corrected chi connectivity index (χ0v) is 13.8. The Kier molecular flexibility index (Phi) is 4.65. The molecule has 1 amide bonds. The van der Waals surface area contributed by atoms with Gasteiger partial charge < -0.3 is 5.32 Å². The Labute approximate surface area is 137 Å². The number of amides is 1. The van der Waals surface area contributed by atoms with E-state index in [1.165, 1.54) is 9.75 Å². The Hall–Kier alpha value is -1.98. The fourth-order valence-electron chi connectivity index (χ4n) is 2.09. The van der Waals surface area contributed by atoms with Gasteiger partial charge in [-0.3, -0.25) is 4.79 Å². The lowest BCUT2D eigenvalue weighted by Gasteiger charge is -2.01. The molecule has 3 aromatic rings. The van der Waals surface area contributed by atoms with Crippen molar-refractivity contribution in [3.63, 3.8) is 0 Å². The molecule has 3 nitrogen and oxygen atoms in total. The Morgan fingerprint density at radius 1 is 1.18 bits per heavy atom. The summed E-state index contributed by atoms with van der Waals surface area (Å²) in [6.07, 6.45) is 0.327. The normalized spacial score (nSPS) is 10.6. The van der Waals surface area contributed by atoms with Crippen molar-refractivity contribution in [2.75, 3.05) is 0 Å². The summed E-state index contributed by atoms with van der Waals surface area (Å²) in [5, 5.41) is 5.86. The van der Waals surface area contributed by atoms with Crippen LogP contribution in [0.15, 0.2) is 47.8 Å². The number of benzene rings is 1. The lowest BCUT2D eigenvalue weighted by molar-refractivity contribution is -0.120. The van der Waals surface area contributed by atoms with Crippen LogP contribution in [0.5, 0.6) is 0 Å². The monoisotopic (exact) mass is 328 g/mol. The highest BCUT2D eigenvalue weighted by Crippen LogP contribution is 2.23. The Morgan fingerprint density at radius 2 is 2.00 bits per heavy atom. The van der Waals surface area contributed by atoms with Crippen LogP contribution >= 0.6 is 22.7 Å². The third kappa shape index (κ3) is 3.81. The topological polar surface area (TPSA) is 42.0 Å². The number of aryl methyl sites for hydroxylation is 1. The highest BCUT2D eigenvalue weighted by molar-refractivity contribution is 7.13. The number of carbonyl (C=O) groups is 1. The van der Waals surface area contributed by atoms with Gasteiger partial charge in [0.2, 0.25) is 5.91 Å². The molecule has 0 atom stereocenters. The minimum atomic E-state index is 0.0102. The van der Waals surface area contributed by atoms with Gasteiger partial charge >= 0.3 is 0 Å². The standard InChI is InChI=1S/C17H16N2OS2/c1-12-7-8-15(22-12)10-18-16(20)9-14-11-21-17(19-14)13-5-3-2-4-6-13/h2-8,11H,9-10H2,1H3,(H,18,20). The van der Waals surface area contributed by atoms with E-state index in [1.54, 1.807) is 22.7 Å². The van der Waals surface area contributed by atoms with E-state index in [-0.39, 0.29) is 5.91 Å². The molecule has 3 rings (SSSR count). The van der Waals surface area contributed by atoms with Crippen molar-refractivity contribution in [1.29, 1.82) is 0 Å². The molecule has 0 fully saturated rings. The lowest BCUT2D eigenvalue weighted by atomic mass is 10.2. The van der Waals surface area contributed by atoms with Gasteiger partial charge in [-0.05, 0) is 19.1 Å². The molecule has 22 heavy (non-hydrogen) atoms. The number of carbonyl (C=O) groups excluding carboxylic acids is 1. The van der Waals surface area contributed by atoms with Crippen molar-refractivity contribution in [2.45, 2.75) is 19.9 Å². The van der Waals surface area contributed by atoms with Gasteiger partial charge in [0.1, 0.15) is 5.01 Å². The zero-order valence-electron chi connectivity index (χ0n) is 12.2. The van der Waals surface area contributed by atoms with Gasteiger partial charge in [0, 0.05) is 20.7 Å². The van der Waals surface area contributed by atoms with Gasteiger partial charge in [-0.1, -0.05) is 30.3 Å². The molecule has 112 valence electrons. The summed E-state index contributed by atoms with van der Waals surface area (Å²) < 4.78 is 0. The van der Waals surface area contributed by atoms with Crippen molar-refractivity contribution < 1.29 is 4.79 Å². The smallest absolute Gasteiger partial charge is 0.226 e.